The Morgan fingerprint density at radius 1 is 0.254 bits per heavy atom. The van der Waals surface area contributed by atoms with Crippen LogP contribution in [0, 0.1) is 0 Å². The van der Waals surface area contributed by atoms with Crippen LogP contribution in [-0.4, -0.2) is 120 Å². The zero-order chi connectivity index (χ0) is 81.2. The Kier molecular flexibility index (Phi) is 35.0. The number of benzene rings is 6. The van der Waals surface area contributed by atoms with Gasteiger partial charge in [-0.1, -0.05) is 209 Å². The van der Waals surface area contributed by atoms with Gasteiger partial charge in [-0.25, -0.2) is 0 Å². The molecule has 22 nitrogen and oxygen atoms in total. The van der Waals surface area contributed by atoms with Crippen LogP contribution in [0.3, 0.4) is 0 Å². The van der Waals surface area contributed by atoms with Crippen molar-refractivity contribution in [2.24, 2.45) is 0 Å². The minimum absolute atomic E-state index is 0.102. The number of hydrogen-bond acceptors (Lipinski definition) is 14. The first-order chi connectivity index (χ1) is 54.9. The van der Waals surface area contributed by atoms with Gasteiger partial charge in [0.05, 0.1) is 70.2 Å². The quantitative estimate of drug-likeness (QED) is 0.0130. The molecule has 0 spiro atoms. The lowest BCUT2D eigenvalue weighted by molar-refractivity contribution is 0.369. The molecule has 0 saturated heterocycles. The predicted molar refractivity (Wildman–Crippen MR) is 457 cm³/mol. The molecule has 114 heavy (non-hydrogen) atoms. The first-order valence-corrected chi connectivity index (χ1v) is 45.4. The molecule has 0 aliphatic rings. The van der Waals surface area contributed by atoms with Crippen LogP contribution in [0.1, 0.15) is 85.9 Å². The molecule has 0 amide bonds. The molecule has 0 unspecified atom stereocenters. The fourth-order valence-electron chi connectivity index (χ4n) is 12.3. The second kappa shape index (κ2) is 45.1. The summed E-state index contributed by atoms with van der Waals surface area (Å²) in [7, 11) is -15.7. The Morgan fingerprint density at radius 2 is 0.465 bits per heavy atom. The van der Waals surface area contributed by atoms with E-state index < -0.39 is 30.4 Å². The van der Waals surface area contributed by atoms with Gasteiger partial charge in [0.25, 0.3) is 0 Å². The highest BCUT2D eigenvalue weighted by Crippen LogP contribution is 2.39. The van der Waals surface area contributed by atoms with E-state index >= 15 is 0 Å². The molecule has 6 aromatic heterocycles. The maximum atomic E-state index is 10.9. The van der Waals surface area contributed by atoms with E-state index in [1.165, 1.54) is 16.7 Å². The summed E-state index contributed by atoms with van der Waals surface area (Å²) in [6.07, 6.45) is 11.3. The van der Waals surface area contributed by atoms with E-state index in [9.17, 15) is 18.3 Å². The van der Waals surface area contributed by atoms with Gasteiger partial charge in [-0.2, -0.15) is 0 Å². The van der Waals surface area contributed by atoms with Gasteiger partial charge < -0.3 is 60.4 Å². The Labute approximate surface area is 668 Å². The molecule has 0 aliphatic heterocycles. The summed E-state index contributed by atoms with van der Waals surface area (Å²) in [6.45, 7) is 10.7. The smallest absolute Gasteiger partial charge is 0.324 e. The summed E-state index contributed by atoms with van der Waals surface area (Å²) < 4.78 is 43.7. The first kappa shape index (κ1) is 88.6. The van der Waals surface area contributed by atoms with E-state index in [0.717, 1.165) is 132 Å². The van der Waals surface area contributed by atoms with Crippen molar-refractivity contribution in [3.63, 3.8) is 0 Å². The SMILES string of the molecule is CCc1ccc(-c2ccc(CNCCCP(=O)(O)O)nc2-c2ccccc2)cc1.CCc1ccc(-c2ccc(CNCCCP(=O)(O)O)nc2-c2ccncc2)cc1.CCc1ccc(-c2ccc(CNCCCP(=O)(O)O)nc2-c2ccncc2)cc1.O=P(O)(O)CCCNCc1ccc(-c2ccccc2)c(-c2ccccc2)n1. The molecule has 0 fully saturated rings. The summed E-state index contributed by atoms with van der Waals surface area (Å²) in [5.74, 6) is 0. The average molecular weight is 1620 g/mol. The third kappa shape index (κ3) is 30.5. The van der Waals surface area contributed by atoms with Gasteiger partial charge in [-0.05, 0) is 159 Å². The molecule has 0 saturated carbocycles. The minimum atomic E-state index is -3.93. The molecule has 0 radical (unpaired) electrons. The molecule has 12 aromatic rings. The lowest BCUT2D eigenvalue weighted by Gasteiger charge is -2.13. The molecular weight excluding hydrogens is 1510 g/mol. The first-order valence-electron chi connectivity index (χ1n) is 38.2. The van der Waals surface area contributed by atoms with Crippen LogP contribution in [0.4, 0.5) is 0 Å². The molecule has 596 valence electrons. The Hall–Kier alpha value is -9.34. The van der Waals surface area contributed by atoms with Crippen LogP contribution in [0.15, 0.2) is 261 Å². The maximum Gasteiger partial charge on any atom is 0.325 e. The van der Waals surface area contributed by atoms with Gasteiger partial charge in [0, 0.05) is 95.5 Å². The molecule has 26 heteroatoms. The molecule has 0 atom stereocenters. The number of rotatable bonds is 35. The number of nitrogens with one attached hydrogen (secondary N) is 4. The maximum absolute atomic E-state index is 10.9. The van der Waals surface area contributed by atoms with Crippen LogP contribution >= 0.6 is 30.4 Å². The third-order valence-electron chi connectivity index (χ3n) is 18.4. The van der Waals surface area contributed by atoms with E-state index in [4.69, 9.17) is 59.1 Å². The number of aromatic nitrogens is 6. The topological polar surface area (TPSA) is 356 Å². The zero-order valence-electron chi connectivity index (χ0n) is 64.4. The van der Waals surface area contributed by atoms with Crippen molar-refractivity contribution in [2.75, 3.05) is 50.8 Å². The monoisotopic (exact) mass is 1610 g/mol. The van der Waals surface area contributed by atoms with Gasteiger partial charge in [0.15, 0.2) is 0 Å². The molecule has 0 aliphatic carbocycles. The van der Waals surface area contributed by atoms with Gasteiger partial charge in [0.2, 0.25) is 0 Å². The predicted octanol–water partition coefficient (Wildman–Crippen LogP) is 16.8. The normalized spacial score (nSPS) is 11.5. The summed E-state index contributed by atoms with van der Waals surface area (Å²) in [5.41, 5.74) is 24.0. The minimum Gasteiger partial charge on any atom is -0.324 e. The molecular formula is C88H102N10O12P4. The summed E-state index contributed by atoms with van der Waals surface area (Å²) in [4.78, 5) is 99.1. The highest BCUT2D eigenvalue weighted by Gasteiger charge is 2.19. The van der Waals surface area contributed by atoms with Crippen molar-refractivity contribution in [2.45, 2.75) is 91.9 Å². The van der Waals surface area contributed by atoms with Crippen molar-refractivity contribution in [1.29, 1.82) is 0 Å². The van der Waals surface area contributed by atoms with E-state index in [2.05, 4.69) is 173 Å². The standard InChI is InChI=1S/C23H27N2O3P.2C22H26N3O3P.C21H23N2O3P/c1-2-18-9-11-19(12-10-18)22-14-13-21(17-24-15-6-16-29(26,27)28)25-23(22)20-7-4-3-5-8-20;2*1-2-17-4-6-18(7-5-17)21-9-8-20(16-24-12-3-15-29(26,27)28)25-22(21)19-10-13-23-14-11-19;24-27(25,26)15-7-14-22-16-19-12-13-20(17-8-3-1-4-9-17)21(23-19)18-10-5-2-6-11-18/h3-5,7-14,24H,2,6,15-17H2,1H3,(H2,26,27,28);2*4-11,13-14,24H,2-3,12,15-16H2,1H3,(H2,26,27,28);1-6,8-13,22H,7,14-16H2,(H2,24,25,26). The van der Waals surface area contributed by atoms with Crippen LogP contribution in [-0.2, 0) is 63.7 Å². The van der Waals surface area contributed by atoms with Crippen molar-refractivity contribution in [3.05, 3.63) is 301 Å². The summed E-state index contributed by atoms with van der Waals surface area (Å²) in [5, 5.41) is 12.8. The van der Waals surface area contributed by atoms with Crippen molar-refractivity contribution < 1.29 is 57.4 Å². The zero-order valence-corrected chi connectivity index (χ0v) is 68.0. The van der Waals surface area contributed by atoms with Gasteiger partial charge >= 0.3 is 30.4 Å². The summed E-state index contributed by atoms with van der Waals surface area (Å²) >= 11 is 0. The largest absolute Gasteiger partial charge is 0.325 e. The van der Waals surface area contributed by atoms with Crippen LogP contribution in [0.2, 0.25) is 0 Å². The van der Waals surface area contributed by atoms with Crippen molar-refractivity contribution in [1.82, 2.24) is 51.2 Å². The molecule has 0 bridgehead atoms. The van der Waals surface area contributed by atoms with E-state index in [-0.39, 0.29) is 24.6 Å². The highest BCUT2D eigenvalue weighted by molar-refractivity contribution is 7.52. The fraction of sp³-hybridized carbons (Fsp3) is 0.250. The molecule has 6 aromatic carbocycles. The number of aryl methyl sites for hydroxylation is 3. The highest BCUT2D eigenvalue weighted by atomic mass is 31.2. The molecule has 12 N–H and O–H groups in total. The van der Waals surface area contributed by atoms with Crippen molar-refractivity contribution in [3.8, 4) is 89.5 Å². The van der Waals surface area contributed by atoms with Gasteiger partial charge in [-0.3, -0.25) is 48.2 Å². The average Bonchev–Trinajstić information content (AvgIpc) is 0.820. The van der Waals surface area contributed by atoms with E-state index in [1.807, 2.05) is 115 Å². The van der Waals surface area contributed by atoms with Crippen LogP contribution in [0.25, 0.3) is 89.5 Å². The fourth-order valence-corrected chi connectivity index (χ4v) is 14.6. The van der Waals surface area contributed by atoms with Crippen LogP contribution in [0.5, 0.6) is 0 Å². The number of hydrogen-bond donors (Lipinski definition) is 12. The van der Waals surface area contributed by atoms with E-state index in [1.54, 1.807) is 24.8 Å². The lowest BCUT2D eigenvalue weighted by atomic mass is 9.97. The van der Waals surface area contributed by atoms with Crippen LogP contribution < -0.4 is 21.3 Å². The molecule has 12 rings (SSSR count). The third-order valence-corrected chi connectivity index (χ3v) is 21.9. The second-order valence-electron chi connectivity index (χ2n) is 27.2. The summed E-state index contributed by atoms with van der Waals surface area (Å²) in [6, 6.07) is 80.1. The number of pyridine rings is 6. The van der Waals surface area contributed by atoms with Crippen molar-refractivity contribution >= 4 is 30.4 Å². The Bertz CT molecular complexity index is 4720. The van der Waals surface area contributed by atoms with E-state index in [0.29, 0.717) is 78.0 Å². The lowest BCUT2D eigenvalue weighted by Crippen LogP contribution is -2.16. The molecule has 6 heterocycles. The second-order valence-corrected chi connectivity index (χ2v) is 34.3. The Morgan fingerprint density at radius 3 is 0.684 bits per heavy atom. The number of nitrogens with zero attached hydrogens (tertiary/aromatic N) is 6. The van der Waals surface area contributed by atoms with Gasteiger partial charge in [-0.15, -0.1) is 0 Å². The van der Waals surface area contributed by atoms with Gasteiger partial charge in [0.1, 0.15) is 0 Å². The Balaban J connectivity index is 0.000000174.